The highest BCUT2D eigenvalue weighted by atomic mass is 16.3. The van der Waals surface area contributed by atoms with Crippen LogP contribution < -0.4 is 21.6 Å². The Bertz CT molecular complexity index is 1970. The first-order valence-corrected chi connectivity index (χ1v) is 19.5. The first kappa shape index (κ1) is 35.8. The van der Waals surface area contributed by atoms with Crippen molar-refractivity contribution in [3.8, 4) is 11.8 Å². The number of piperidine rings is 2. The molecule has 6 atom stereocenters. The van der Waals surface area contributed by atoms with E-state index in [1.807, 2.05) is 35.5 Å². The van der Waals surface area contributed by atoms with E-state index < -0.39 is 24.5 Å². The first-order valence-electron chi connectivity index (χ1n) is 19.5. The van der Waals surface area contributed by atoms with Gasteiger partial charge in [-0.1, -0.05) is 11.8 Å². The van der Waals surface area contributed by atoms with Gasteiger partial charge in [0, 0.05) is 81.7 Å². The largest absolute Gasteiger partial charge is 0.376 e. The number of likely N-dealkylation sites (tertiary alicyclic amines) is 1. The zero-order valence-electron chi connectivity index (χ0n) is 30.6. The van der Waals surface area contributed by atoms with Crippen molar-refractivity contribution in [1.29, 1.82) is 0 Å². The fourth-order valence-corrected chi connectivity index (χ4v) is 9.60. The highest BCUT2D eigenvalue weighted by Gasteiger charge is 2.47. The second-order valence-corrected chi connectivity index (χ2v) is 15.9. The van der Waals surface area contributed by atoms with E-state index in [1.165, 1.54) is 11.3 Å². The number of amides is 2. The molecule has 5 fully saturated rings. The van der Waals surface area contributed by atoms with Crippen LogP contribution in [0, 0.1) is 17.8 Å². The number of rotatable bonds is 7. The Balaban J connectivity index is 0.837. The lowest BCUT2D eigenvalue weighted by atomic mass is 9.88. The Morgan fingerprint density at radius 1 is 1.02 bits per heavy atom. The van der Waals surface area contributed by atoms with E-state index in [-0.39, 0.29) is 36.0 Å². The minimum absolute atomic E-state index is 0.00547. The summed E-state index contributed by atoms with van der Waals surface area (Å²) < 4.78 is 3.17. The second kappa shape index (κ2) is 14.9. The predicted molar refractivity (Wildman–Crippen MR) is 201 cm³/mol. The molecule has 3 unspecified atom stereocenters. The lowest BCUT2D eigenvalue weighted by Gasteiger charge is -2.47. The summed E-state index contributed by atoms with van der Waals surface area (Å²) in [7, 11) is 1.72. The molecule has 282 valence electrons. The molecular formula is C40H52N8O5. The van der Waals surface area contributed by atoms with E-state index in [0.717, 1.165) is 101 Å². The summed E-state index contributed by atoms with van der Waals surface area (Å²) in [5.41, 5.74) is 10.8. The summed E-state index contributed by atoms with van der Waals surface area (Å²) in [6.07, 6.45) is 11.3. The lowest BCUT2D eigenvalue weighted by Crippen LogP contribution is -2.60. The van der Waals surface area contributed by atoms with E-state index in [9.17, 15) is 24.6 Å². The highest BCUT2D eigenvalue weighted by molar-refractivity contribution is 5.83. The molecular weight excluding hydrogens is 672 g/mol. The normalized spacial score (nSPS) is 27.9. The number of imidazole rings is 1. The lowest BCUT2D eigenvalue weighted by molar-refractivity contribution is -0.144. The van der Waals surface area contributed by atoms with E-state index in [2.05, 4.69) is 38.0 Å². The smallest absolute Gasteiger partial charge is 0.329 e. The fourth-order valence-electron chi connectivity index (χ4n) is 9.60. The van der Waals surface area contributed by atoms with Crippen LogP contribution in [-0.4, -0.2) is 103 Å². The summed E-state index contributed by atoms with van der Waals surface area (Å²) >= 11 is 0. The van der Waals surface area contributed by atoms with Gasteiger partial charge in [-0.2, -0.15) is 0 Å². The number of aryl methyl sites for hydroxylation is 1. The van der Waals surface area contributed by atoms with Crippen molar-refractivity contribution in [1.82, 2.24) is 29.2 Å². The standard InChI is InChI=1S/C40H52N8O5/c1-44-35-21-26(9-11-32(35)48(40(44)53)33-13-14-36(49)43-37(33)50)6-3-2-5-25-16-19-45(20-17-25)31-15-18-42-22-29(31)27-23-46(24-27)39(52)34-12-10-28-7-4-8-30(41)38(51)47(28)34/h9,11,15,18,21-22,25,27-28,30,33-34,37,39,50,52H,2,4-5,7-8,10,12-14,16-17,19-20,23-24,41H2,1H3,(H,43,49)/t28-,30-,33?,34-,37?,39?/m0/s1. The van der Waals surface area contributed by atoms with E-state index in [4.69, 9.17) is 5.73 Å². The quantitative estimate of drug-likeness (QED) is 0.268. The number of pyridine rings is 1. The Labute approximate surface area is 310 Å². The van der Waals surface area contributed by atoms with Gasteiger partial charge < -0.3 is 31.1 Å². The van der Waals surface area contributed by atoms with Crippen molar-refractivity contribution in [2.75, 3.05) is 31.1 Å². The number of nitrogens with zero attached hydrogens (tertiary/aromatic N) is 6. The van der Waals surface area contributed by atoms with E-state index in [1.54, 1.807) is 16.2 Å². The van der Waals surface area contributed by atoms with Gasteiger partial charge in [0.25, 0.3) is 0 Å². The van der Waals surface area contributed by atoms with Gasteiger partial charge in [-0.15, -0.1) is 0 Å². The predicted octanol–water partition coefficient (Wildman–Crippen LogP) is 2.14. The zero-order valence-corrected chi connectivity index (χ0v) is 30.6. The molecule has 0 bridgehead atoms. The number of nitrogens with one attached hydrogen (secondary N) is 1. The number of aliphatic hydroxyl groups excluding tert-OH is 2. The molecule has 5 aliphatic rings. The molecule has 5 aliphatic heterocycles. The SMILES string of the molecule is Cn1c(=O)n(C2CCC(=O)NC2O)c2ccc(C#CCCC3CCN(c4ccncc4C4CN(C(O)[C@@H]5CC[C@@H]6CCC[C@H](N)C(=O)N65)C4)CC3)cc21. The maximum atomic E-state index is 13.1. The number of carbonyl (C=O) groups excluding carboxylic acids is 2. The van der Waals surface area contributed by atoms with Crippen LogP contribution in [0.5, 0.6) is 0 Å². The molecule has 5 N–H and O–H groups in total. The van der Waals surface area contributed by atoms with Gasteiger partial charge in [-0.05, 0) is 93.5 Å². The van der Waals surface area contributed by atoms with Crippen molar-refractivity contribution >= 4 is 28.5 Å². The van der Waals surface area contributed by atoms with E-state index in [0.29, 0.717) is 18.3 Å². The average Bonchev–Trinajstić information content (AvgIpc) is 3.63. The van der Waals surface area contributed by atoms with Gasteiger partial charge in [-0.25, -0.2) is 4.79 Å². The molecule has 8 rings (SSSR count). The number of carbonyl (C=O) groups is 2. The van der Waals surface area contributed by atoms with Crippen LogP contribution in [0.1, 0.15) is 93.7 Å². The molecule has 0 aliphatic carbocycles. The third kappa shape index (κ3) is 6.86. The van der Waals surface area contributed by atoms with Gasteiger partial charge in [-0.3, -0.25) is 28.6 Å². The van der Waals surface area contributed by atoms with Gasteiger partial charge in [0.15, 0.2) is 0 Å². The molecule has 0 radical (unpaired) electrons. The number of anilines is 1. The van der Waals surface area contributed by atoms with Crippen LogP contribution in [0.4, 0.5) is 5.69 Å². The third-order valence-electron chi connectivity index (χ3n) is 12.7. The molecule has 2 aromatic heterocycles. The van der Waals surface area contributed by atoms with Crippen molar-refractivity contribution in [3.05, 3.63) is 58.3 Å². The van der Waals surface area contributed by atoms with Crippen LogP contribution in [-0.2, 0) is 16.6 Å². The van der Waals surface area contributed by atoms with E-state index >= 15 is 0 Å². The van der Waals surface area contributed by atoms with Crippen LogP contribution in [0.15, 0.2) is 41.5 Å². The molecule has 0 spiro atoms. The second-order valence-electron chi connectivity index (χ2n) is 15.9. The third-order valence-corrected chi connectivity index (χ3v) is 12.7. The van der Waals surface area contributed by atoms with Crippen LogP contribution >= 0.6 is 0 Å². The Kier molecular flexibility index (Phi) is 10.1. The molecule has 13 heteroatoms. The van der Waals surface area contributed by atoms with Crippen molar-refractivity contribution in [2.24, 2.45) is 18.7 Å². The maximum absolute atomic E-state index is 13.1. The first-order chi connectivity index (χ1) is 25.7. The number of nitrogens with two attached hydrogens (primary N) is 1. The van der Waals surface area contributed by atoms with Crippen molar-refractivity contribution < 1.29 is 19.8 Å². The highest BCUT2D eigenvalue weighted by Crippen LogP contribution is 2.39. The summed E-state index contributed by atoms with van der Waals surface area (Å²) in [5.74, 6) is 7.35. The molecule has 0 saturated carbocycles. The Morgan fingerprint density at radius 3 is 2.62 bits per heavy atom. The number of hydrogen-bond donors (Lipinski definition) is 4. The van der Waals surface area contributed by atoms with Crippen LogP contribution in [0.25, 0.3) is 11.0 Å². The molecule has 3 aromatic rings. The summed E-state index contributed by atoms with van der Waals surface area (Å²) in [4.78, 5) is 48.9. The summed E-state index contributed by atoms with van der Waals surface area (Å²) in [5, 5.41) is 24.4. The molecule has 53 heavy (non-hydrogen) atoms. The van der Waals surface area contributed by atoms with Gasteiger partial charge >= 0.3 is 5.69 Å². The monoisotopic (exact) mass is 724 g/mol. The molecule has 13 nitrogen and oxygen atoms in total. The van der Waals surface area contributed by atoms with Crippen molar-refractivity contribution in [3.63, 3.8) is 0 Å². The molecule has 5 saturated heterocycles. The average molecular weight is 725 g/mol. The van der Waals surface area contributed by atoms with Crippen molar-refractivity contribution in [2.45, 2.75) is 113 Å². The summed E-state index contributed by atoms with van der Waals surface area (Å²) in [6.45, 7) is 3.47. The molecule has 1 aromatic carbocycles. The Hall–Kier alpha value is -4.22. The maximum Gasteiger partial charge on any atom is 0.329 e. The summed E-state index contributed by atoms with van der Waals surface area (Å²) in [6, 6.07) is 6.92. The number of fused-ring (bicyclic) bond motifs is 2. The fraction of sp³-hybridized carbons (Fsp3) is 0.600. The molecule has 7 heterocycles. The Morgan fingerprint density at radius 2 is 1.83 bits per heavy atom. The zero-order chi connectivity index (χ0) is 36.8. The number of aromatic nitrogens is 3. The van der Waals surface area contributed by atoms with Crippen LogP contribution in [0.2, 0.25) is 0 Å². The molecule has 2 amide bonds. The number of benzene rings is 1. The minimum Gasteiger partial charge on any atom is -0.376 e. The van der Waals surface area contributed by atoms with Gasteiger partial charge in [0.1, 0.15) is 12.5 Å². The van der Waals surface area contributed by atoms with Gasteiger partial charge in [0.05, 0.1) is 29.2 Å². The topological polar surface area (TPSA) is 162 Å². The number of aliphatic hydroxyl groups is 2. The number of hydrogen-bond acceptors (Lipinski definition) is 9. The minimum atomic E-state index is -1.10. The van der Waals surface area contributed by atoms with Gasteiger partial charge in [0.2, 0.25) is 11.8 Å². The van der Waals surface area contributed by atoms with Crippen LogP contribution in [0.3, 0.4) is 0 Å².